The van der Waals surface area contributed by atoms with Crippen LogP contribution in [0.15, 0.2) is 18.2 Å². The number of aromatic nitrogens is 2. The minimum absolute atomic E-state index is 0.0637. The molecule has 3 rings (SSSR count). The highest BCUT2D eigenvalue weighted by molar-refractivity contribution is 6.07. The Morgan fingerprint density at radius 2 is 1.74 bits per heavy atom. The van der Waals surface area contributed by atoms with Crippen molar-refractivity contribution in [2.75, 3.05) is 21.3 Å². The van der Waals surface area contributed by atoms with Crippen LogP contribution in [0.3, 0.4) is 0 Å². The summed E-state index contributed by atoms with van der Waals surface area (Å²) in [7, 11) is 3.98. The van der Waals surface area contributed by atoms with Crippen LogP contribution in [0.1, 0.15) is 32.0 Å². The molecule has 0 atom stereocenters. The number of carbonyl (C=O) groups is 2. The van der Waals surface area contributed by atoms with Gasteiger partial charge in [0.15, 0.2) is 5.69 Å². The number of carbonyl (C=O) groups excluding carboxylic acids is 2. The van der Waals surface area contributed by atoms with Crippen LogP contribution >= 0.6 is 0 Å². The van der Waals surface area contributed by atoms with Crippen molar-refractivity contribution in [3.63, 3.8) is 0 Å². The van der Waals surface area contributed by atoms with E-state index in [1.807, 2.05) is 12.2 Å². The van der Waals surface area contributed by atoms with Gasteiger partial charge in [-0.25, -0.2) is 9.59 Å². The third kappa shape index (κ3) is 2.17. The first-order valence-electron chi connectivity index (χ1n) is 6.77. The Hall–Kier alpha value is -3.09. The Balaban J connectivity index is 2.49. The smallest absolute Gasteiger partial charge is 0.359 e. The maximum atomic E-state index is 12.2. The molecule has 0 aromatic carbocycles. The van der Waals surface area contributed by atoms with Crippen molar-refractivity contribution in [1.29, 1.82) is 0 Å². The molecular formula is C16H14N2O5. The van der Waals surface area contributed by atoms with E-state index in [1.165, 1.54) is 25.8 Å². The number of allylic oxidation sites excluding steroid dienone is 2. The highest BCUT2D eigenvalue weighted by Gasteiger charge is 2.28. The second-order valence-corrected chi connectivity index (χ2v) is 4.74. The number of hydrogen-bond acceptors (Lipinski definition) is 6. The summed E-state index contributed by atoms with van der Waals surface area (Å²) in [5.74, 6) is -0.947. The van der Waals surface area contributed by atoms with E-state index in [0.717, 1.165) is 5.56 Å². The number of nitrogens with zero attached hydrogens (tertiary/aromatic N) is 2. The Labute approximate surface area is 131 Å². The second kappa shape index (κ2) is 5.60. The van der Waals surface area contributed by atoms with Crippen LogP contribution in [0.4, 0.5) is 0 Å². The molecule has 0 N–H and O–H groups in total. The maximum absolute atomic E-state index is 12.2. The van der Waals surface area contributed by atoms with E-state index in [9.17, 15) is 9.59 Å². The molecule has 0 amide bonds. The van der Waals surface area contributed by atoms with Crippen molar-refractivity contribution >= 4 is 29.6 Å². The van der Waals surface area contributed by atoms with Crippen LogP contribution in [0.2, 0.25) is 0 Å². The molecule has 0 bridgehead atoms. The fourth-order valence-electron chi connectivity index (χ4n) is 2.55. The summed E-state index contributed by atoms with van der Waals surface area (Å²) in [6, 6.07) is 1.78. The van der Waals surface area contributed by atoms with Crippen molar-refractivity contribution in [3.05, 3.63) is 40.6 Å². The molecule has 0 radical (unpaired) electrons. The maximum Gasteiger partial charge on any atom is 0.359 e. The van der Waals surface area contributed by atoms with Gasteiger partial charge in [0, 0.05) is 17.2 Å². The fraction of sp³-hybridized carbons (Fsp3) is 0.188. The zero-order valence-electron chi connectivity index (χ0n) is 12.8. The third-order valence-corrected chi connectivity index (χ3v) is 3.56. The Kier molecular flexibility index (Phi) is 3.61. The molecule has 0 spiro atoms. The summed E-state index contributed by atoms with van der Waals surface area (Å²) >= 11 is 0. The first-order valence-corrected chi connectivity index (χ1v) is 6.77. The quantitative estimate of drug-likeness (QED) is 0.806. The molecule has 1 aliphatic rings. The summed E-state index contributed by atoms with van der Waals surface area (Å²) in [6.45, 7) is 0. The number of rotatable bonds is 3. The summed E-state index contributed by atoms with van der Waals surface area (Å²) in [4.78, 5) is 24.3. The average Bonchev–Trinajstić information content (AvgIpc) is 2.80. The standard InChI is InChI=1S/C16H14N2O5/c1-21-11-8-9-6-4-5-7-10-12(15(19)22-2)13(16(20)23-3)17-18(11)14(9)10/h4-8H,1-3H3. The summed E-state index contributed by atoms with van der Waals surface area (Å²) < 4.78 is 16.3. The third-order valence-electron chi connectivity index (χ3n) is 3.56. The lowest BCUT2D eigenvalue weighted by molar-refractivity contribution is 0.0548. The van der Waals surface area contributed by atoms with E-state index in [0.29, 0.717) is 17.0 Å². The minimum atomic E-state index is -0.730. The van der Waals surface area contributed by atoms with E-state index in [4.69, 9.17) is 14.2 Å². The molecule has 2 heterocycles. The second-order valence-electron chi connectivity index (χ2n) is 4.74. The highest BCUT2D eigenvalue weighted by Crippen LogP contribution is 2.32. The molecular weight excluding hydrogens is 300 g/mol. The van der Waals surface area contributed by atoms with Crippen molar-refractivity contribution < 1.29 is 23.8 Å². The van der Waals surface area contributed by atoms with Gasteiger partial charge in [0.1, 0.15) is 5.56 Å². The van der Waals surface area contributed by atoms with Crippen LogP contribution < -0.4 is 4.74 Å². The van der Waals surface area contributed by atoms with Gasteiger partial charge < -0.3 is 14.2 Å². The van der Waals surface area contributed by atoms with Gasteiger partial charge in [-0.3, -0.25) is 0 Å². The lowest BCUT2D eigenvalue weighted by atomic mass is 10.0. The lowest BCUT2D eigenvalue weighted by Crippen LogP contribution is -2.18. The monoisotopic (exact) mass is 314 g/mol. The molecule has 0 saturated carbocycles. The van der Waals surface area contributed by atoms with Crippen molar-refractivity contribution in [3.8, 4) is 5.88 Å². The van der Waals surface area contributed by atoms with E-state index in [-0.39, 0.29) is 11.3 Å². The Bertz CT molecular complexity index is 876. The van der Waals surface area contributed by atoms with Gasteiger partial charge >= 0.3 is 11.9 Å². The highest BCUT2D eigenvalue weighted by atomic mass is 16.5. The Morgan fingerprint density at radius 1 is 1.04 bits per heavy atom. The van der Waals surface area contributed by atoms with Crippen LogP contribution in [-0.2, 0) is 9.47 Å². The molecule has 23 heavy (non-hydrogen) atoms. The van der Waals surface area contributed by atoms with Gasteiger partial charge in [0.2, 0.25) is 5.88 Å². The summed E-state index contributed by atoms with van der Waals surface area (Å²) in [5, 5.41) is 4.24. The first kappa shape index (κ1) is 14.8. The van der Waals surface area contributed by atoms with Gasteiger partial charge in [0.25, 0.3) is 0 Å². The molecule has 2 aromatic heterocycles. The van der Waals surface area contributed by atoms with E-state index < -0.39 is 11.9 Å². The largest absolute Gasteiger partial charge is 0.481 e. The normalized spacial score (nSPS) is 12.1. The van der Waals surface area contributed by atoms with E-state index in [2.05, 4.69) is 5.10 Å². The molecule has 0 fully saturated rings. The number of ether oxygens (including phenoxy) is 3. The number of methoxy groups -OCH3 is 3. The van der Waals surface area contributed by atoms with E-state index in [1.54, 1.807) is 18.2 Å². The van der Waals surface area contributed by atoms with Gasteiger partial charge in [0.05, 0.1) is 26.8 Å². The van der Waals surface area contributed by atoms with Crippen molar-refractivity contribution in [1.82, 2.24) is 9.61 Å². The predicted molar refractivity (Wildman–Crippen MR) is 82.5 cm³/mol. The zero-order chi connectivity index (χ0) is 16.6. The molecule has 2 aromatic rings. The fourth-order valence-corrected chi connectivity index (χ4v) is 2.55. The van der Waals surface area contributed by atoms with Crippen LogP contribution in [0.25, 0.3) is 17.7 Å². The van der Waals surface area contributed by atoms with Gasteiger partial charge in [-0.2, -0.15) is 9.61 Å². The molecule has 118 valence electrons. The predicted octanol–water partition coefficient (Wildman–Crippen LogP) is 1.96. The van der Waals surface area contributed by atoms with Crippen molar-refractivity contribution in [2.24, 2.45) is 0 Å². The van der Waals surface area contributed by atoms with Gasteiger partial charge in [-0.05, 0) is 0 Å². The summed E-state index contributed by atoms with van der Waals surface area (Å²) in [6.07, 6.45) is 7.19. The zero-order valence-corrected chi connectivity index (χ0v) is 12.8. The van der Waals surface area contributed by atoms with Gasteiger partial charge in [-0.15, -0.1) is 0 Å². The average molecular weight is 314 g/mol. The molecule has 7 nitrogen and oxygen atoms in total. The van der Waals surface area contributed by atoms with Crippen LogP contribution in [0, 0.1) is 0 Å². The minimum Gasteiger partial charge on any atom is -0.481 e. The lowest BCUT2D eigenvalue weighted by Gasteiger charge is -2.12. The van der Waals surface area contributed by atoms with Gasteiger partial charge in [-0.1, -0.05) is 24.3 Å². The van der Waals surface area contributed by atoms with Crippen LogP contribution in [0.5, 0.6) is 5.88 Å². The van der Waals surface area contributed by atoms with Crippen molar-refractivity contribution in [2.45, 2.75) is 0 Å². The number of hydrogen-bond donors (Lipinski definition) is 0. The SMILES string of the molecule is COC(=O)c1nn2c(OC)cc3c2c(c1C(=O)OC)C=CC=C3. The first-order chi connectivity index (χ1) is 11.1. The topological polar surface area (TPSA) is 79.1 Å². The van der Waals surface area contributed by atoms with Crippen LogP contribution in [-0.4, -0.2) is 42.9 Å². The Morgan fingerprint density at radius 3 is 2.39 bits per heavy atom. The molecule has 0 unspecified atom stereocenters. The molecule has 0 saturated heterocycles. The molecule has 0 aliphatic heterocycles. The number of esters is 2. The molecule has 7 heteroatoms. The molecule has 1 aliphatic carbocycles. The van der Waals surface area contributed by atoms with E-state index >= 15 is 0 Å². The summed E-state index contributed by atoms with van der Waals surface area (Å²) in [5.41, 5.74) is 1.93.